The number of hydrogen-bond donors (Lipinski definition) is 1. The first-order chi connectivity index (χ1) is 8.09. The van der Waals surface area contributed by atoms with Gasteiger partial charge in [-0.3, -0.25) is 0 Å². The van der Waals surface area contributed by atoms with Crippen LogP contribution in [0.3, 0.4) is 0 Å². The van der Waals surface area contributed by atoms with Gasteiger partial charge in [-0.2, -0.15) is 0 Å². The monoisotopic (exact) mass is 229 g/mol. The maximum atomic E-state index is 13.3. The van der Waals surface area contributed by atoms with Crippen LogP contribution in [0.15, 0.2) is 42.5 Å². The number of rotatable bonds is 2. The molecule has 0 saturated carbocycles. The fourth-order valence-corrected chi connectivity index (χ4v) is 2.02. The predicted molar refractivity (Wildman–Crippen MR) is 69.2 cm³/mol. The molecule has 1 atom stereocenters. The zero-order valence-electron chi connectivity index (χ0n) is 10.1. The van der Waals surface area contributed by atoms with Crippen LogP contribution in [0.4, 0.5) is 4.39 Å². The molecular weight excluding hydrogens is 213 g/mol. The molecule has 0 aliphatic carbocycles. The Balaban J connectivity index is 2.64. The van der Waals surface area contributed by atoms with Crippen molar-refractivity contribution >= 4 is 0 Å². The Morgan fingerprint density at radius 3 is 2.47 bits per heavy atom. The Labute approximate surface area is 101 Å². The average molecular weight is 229 g/mol. The highest BCUT2D eigenvalue weighted by Crippen LogP contribution is 2.30. The van der Waals surface area contributed by atoms with Gasteiger partial charge in [0.25, 0.3) is 0 Å². The van der Waals surface area contributed by atoms with Crippen molar-refractivity contribution in [1.82, 2.24) is 0 Å². The summed E-state index contributed by atoms with van der Waals surface area (Å²) in [5, 5.41) is 0. The molecule has 2 N–H and O–H groups in total. The minimum atomic E-state index is -0.218. The molecule has 0 aromatic heterocycles. The predicted octanol–water partition coefficient (Wildman–Crippen LogP) is 3.82. The van der Waals surface area contributed by atoms with Crippen LogP contribution < -0.4 is 5.73 Å². The molecular formula is C15H16FN. The zero-order valence-corrected chi connectivity index (χ0v) is 10.1. The minimum absolute atomic E-state index is 0.0612. The van der Waals surface area contributed by atoms with E-state index in [1.165, 1.54) is 6.07 Å². The summed E-state index contributed by atoms with van der Waals surface area (Å²) in [5.74, 6) is -0.218. The first-order valence-corrected chi connectivity index (χ1v) is 5.70. The maximum Gasteiger partial charge on any atom is 0.123 e. The van der Waals surface area contributed by atoms with Crippen LogP contribution in [-0.2, 0) is 0 Å². The van der Waals surface area contributed by atoms with Gasteiger partial charge in [-0.1, -0.05) is 30.3 Å². The Morgan fingerprint density at radius 2 is 1.76 bits per heavy atom. The molecule has 2 heteroatoms. The highest BCUT2D eigenvalue weighted by molar-refractivity contribution is 5.71. The molecule has 2 aromatic rings. The lowest BCUT2D eigenvalue weighted by Crippen LogP contribution is -2.06. The fraction of sp³-hybridized carbons (Fsp3) is 0.200. The van der Waals surface area contributed by atoms with Gasteiger partial charge in [0.15, 0.2) is 0 Å². The van der Waals surface area contributed by atoms with Crippen molar-refractivity contribution in [2.75, 3.05) is 0 Å². The van der Waals surface area contributed by atoms with E-state index in [0.29, 0.717) is 0 Å². The van der Waals surface area contributed by atoms with Crippen molar-refractivity contribution < 1.29 is 4.39 Å². The Morgan fingerprint density at radius 1 is 1.06 bits per heavy atom. The molecule has 0 aliphatic rings. The summed E-state index contributed by atoms with van der Waals surface area (Å²) < 4.78 is 13.3. The van der Waals surface area contributed by atoms with Gasteiger partial charge in [0.1, 0.15) is 5.82 Å². The Hall–Kier alpha value is -1.67. The first-order valence-electron chi connectivity index (χ1n) is 5.70. The summed E-state index contributed by atoms with van der Waals surface area (Å²) in [7, 11) is 0. The van der Waals surface area contributed by atoms with Crippen molar-refractivity contribution in [2.24, 2.45) is 5.73 Å². The second-order valence-electron chi connectivity index (χ2n) is 4.34. The largest absolute Gasteiger partial charge is 0.324 e. The average Bonchev–Trinajstić information content (AvgIpc) is 2.32. The van der Waals surface area contributed by atoms with Crippen LogP contribution in [-0.4, -0.2) is 0 Å². The van der Waals surface area contributed by atoms with Gasteiger partial charge in [0, 0.05) is 6.04 Å². The van der Waals surface area contributed by atoms with Gasteiger partial charge >= 0.3 is 0 Å². The van der Waals surface area contributed by atoms with Gasteiger partial charge in [0.2, 0.25) is 0 Å². The molecule has 17 heavy (non-hydrogen) atoms. The molecule has 2 rings (SSSR count). The lowest BCUT2D eigenvalue weighted by molar-refractivity contribution is 0.628. The number of nitrogens with two attached hydrogens (primary N) is 1. The number of hydrogen-bond acceptors (Lipinski definition) is 1. The number of halogens is 1. The molecule has 2 aromatic carbocycles. The SMILES string of the molecule is Cc1ccc(F)cc1-c1ccccc1C(C)N. The Kier molecular flexibility index (Phi) is 3.25. The van der Waals surface area contributed by atoms with Gasteiger partial charge in [-0.25, -0.2) is 4.39 Å². The van der Waals surface area contributed by atoms with E-state index in [1.807, 2.05) is 38.1 Å². The molecule has 0 spiro atoms. The lowest BCUT2D eigenvalue weighted by Gasteiger charge is -2.14. The standard InChI is InChI=1S/C15H16FN/c1-10-7-8-12(16)9-15(10)14-6-4-3-5-13(14)11(2)17/h3-9,11H,17H2,1-2H3. The number of aryl methyl sites for hydroxylation is 1. The molecule has 0 aliphatic heterocycles. The van der Waals surface area contributed by atoms with E-state index in [-0.39, 0.29) is 11.9 Å². The molecule has 0 heterocycles. The zero-order chi connectivity index (χ0) is 12.4. The van der Waals surface area contributed by atoms with E-state index in [4.69, 9.17) is 5.73 Å². The summed E-state index contributed by atoms with van der Waals surface area (Å²) in [5.41, 5.74) is 9.97. The van der Waals surface area contributed by atoms with E-state index in [9.17, 15) is 4.39 Å². The van der Waals surface area contributed by atoms with Crippen LogP contribution in [0.5, 0.6) is 0 Å². The van der Waals surface area contributed by atoms with Crippen LogP contribution in [0, 0.1) is 12.7 Å². The third-order valence-corrected chi connectivity index (χ3v) is 2.94. The van der Waals surface area contributed by atoms with Gasteiger partial charge in [-0.05, 0) is 48.2 Å². The molecule has 88 valence electrons. The summed E-state index contributed by atoms with van der Waals surface area (Å²) in [6.45, 7) is 3.92. The maximum absolute atomic E-state index is 13.3. The summed E-state index contributed by atoms with van der Waals surface area (Å²) in [6, 6.07) is 12.7. The lowest BCUT2D eigenvalue weighted by atomic mass is 9.93. The summed E-state index contributed by atoms with van der Waals surface area (Å²) in [4.78, 5) is 0. The van der Waals surface area contributed by atoms with Crippen LogP contribution >= 0.6 is 0 Å². The molecule has 1 nitrogen and oxygen atoms in total. The van der Waals surface area contributed by atoms with Crippen LogP contribution in [0.1, 0.15) is 24.1 Å². The third kappa shape index (κ3) is 2.37. The number of benzene rings is 2. The van der Waals surface area contributed by atoms with Crippen molar-refractivity contribution in [3.63, 3.8) is 0 Å². The van der Waals surface area contributed by atoms with Crippen LogP contribution in [0.25, 0.3) is 11.1 Å². The van der Waals surface area contributed by atoms with Gasteiger partial charge in [-0.15, -0.1) is 0 Å². The minimum Gasteiger partial charge on any atom is -0.324 e. The van der Waals surface area contributed by atoms with Gasteiger partial charge in [0.05, 0.1) is 0 Å². The van der Waals surface area contributed by atoms with E-state index in [1.54, 1.807) is 12.1 Å². The van der Waals surface area contributed by atoms with E-state index in [0.717, 1.165) is 22.3 Å². The summed E-state index contributed by atoms with van der Waals surface area (Å²) >= 11 is 0. The van der Waals surface area contributed by atoms with Gasteiger partial charge < -0.3 is 5.73 Å². The molecule has 1 unspecified atom stereocenters. The highest BCUT2D eigenvalue weighted by Gasteiger charge is 2.10. The molecule has 0 radical (unpaired) electrons. The second kappa shape index (κ2) is 4.68. The smallest absolute Gasteiger partial charge is 0.123 e. The van der Waals surface area contributed by atoms with E-state index in [2.05, 4.69) is 0 Å². The van der Waals surface area contributed by atoms with Crippen LogP contribution in [0.2, 0.25) is 0 Å². The summed E-state index contributed by atoms with van der Waals surface area (Å²) in [6.07, 6.45) is 0. The Bertz CT molecular complexity index is 532. The first kappa shape index (κ1) is 11.8. The van der Waals surface area contributed by atoms with Crippen molar-refractivity contribution in [3.05, 3.63) is 59.4 Å². The molecule has 0 fully saturated rings. The molecule has 0 bridgehead atoms. The highest BCUT2D eigenvalue weighted by atomic mass is 19.1. The normalized spacial score (nSPS) is 12.5. The van der Waals surface area contributed by atoms with Crippen molar-refractivity contribution in [2.45, 2.75) is 19.9 Å². The van der Waals surface area contributed by atoms with Crippen molar-refractivity contribution in [3.8, 4) is 11.1 Å². The molecule has 0 saturated heterocycles. The third-order valence-electron chi connectivity index (χ3n) is 2.94. The van der Waals surface area contributed by atoms with E-state index >= 15 is 0 Å². The van der Waals surface area contributed by atoms with Crippen molar-refractivity contribution in [1.29, 1.82) is 0 Å². The molecule has 0 amide bonds. The fourth-order valence-electron chi connectivity index (χ4n) is 2.02. The quantitative estimate of drug-likeness (QED) is 0.832. The second-order valence-corrected chi connectivity index (χ2v) is 4.34. The van der Waals surface area contributed by atoms with E-state index < -0.39 is 0 Å². The topological polar surface area (TPSA) is 26.0 Å².